The normalized spacial score (nSPS) is 11.8. The summed E-state index contributed by atoms with van der Waals surface area (Å²) in [7, 11) is 0. The Bertz CT molecular complexity index is 821. The Morgan fingerprint density at radius 1 is 1.27 bits per heavy atom. The fourth-order valence-electron chi connectivity index (χ4n) is 2.27. The third-order valence-corrected chi connectivity index (χ3v) is 4.59. The molecule has 0 fully saturated rings. The first-order valence-corrected chi connectivity index (χ1v) is 8.84. The summed E-state index contributed by atoms with van der Waals surface area (Å²) in [5.74, 6) is 0. The molecule has 112 valence electrons. The van der Waals surface area contributed by atoms with Gasteiger partial charge in [-0.25, -0.2) is 4.99 Å². The molecule has 0 bridgehead atoms. The molecule has 0 saturated heterocycles. The number of aromatic nitrogens is 2. The van der Waals surface area contributed by atoms with Crippen LogP contribution in [0.15, 0.2) is 63.6 Å². The van der Waals surface area contributed by atoms with Crippen molar-refractivity contribution in [3.63, 3.8) is 0 Å². The fourth-order valence-corrected chi connectivity index (χ4v) is 3.62. The van der Waals surface area contributed by atoms with Gasteiger partial charge in [0.15, 0.2) is 4.80 Å². The minimum Gasteiger partial charge on any atom is -0.316 e. The monoisotopic (exact) mass is 373 g/mol. The van der Waals surface area contributed by atoms with Crippen molar-refractivity contribution in [2.75, 3.05) is 0 Å². The molecule has 3 rings (SSSR count). The van der Waals surface area contributed by atoms with Crippen molar-refractivity contribution < 1.29 is 0 Å². The topological polar surface area (TPSA) is 30.2 Å². The number of thiazole rings is 1. The van der Waals surface area contributed by atoms with E-state index >= 15 is 0 Å². The zero-order chi connectivity index (χ0) is 15.4. The molecule has 0 aliphatic rings. The summed E-state index contributed by atoms with van der Waals surface area (Å²) >= 11 is 5.21. The molecule has 0 saturated carbocycles. The van der Waals surface area contributed by atoms with Crippen LogP contribution in [0.2, 0.25) is 0 Å². The summed E-state index contributed by atoms with van der Waals surface area (Å²) in [5.41, 5.74) is 3.29. The van der Waals surface area contributed by atoms with Gasteiger partial charge in [-0.2, -0.15) is 0 Å². The predicted octanol–water partition coefficient (Wildman–Crippen LogP) is 5.02. The lowest BCUT2D eigenvalue weighted by atomic mass is 10.2. The minimum absolute atomic E-state index is 0.884. The van der Waals surface area contributed by atoms with Crippen LogP contribution >= 0.6 is 27.3 Å². The summed E-state index contributed by atoms with van der Waals surface area (Å²) in [6, 6.07) is 12.3. The molecule has 3 aromatic rings. The van der Waals surface area contributed by atoms with Gasteiger partial charge in [0.25, 0.3) is 0 Å². The number of benzene rings is 1. The molecule has 3 nitrogen and oxygen atoms in total. The molecular formula is C17H16BrN3S. The van der Waals surface area contributed by atoms with Gasteiger partial charge >= 0.3 is 0 Å². The van der Waals surface area contributed by atoms with E-state index in [1.807, 2.05) is 18.2 Å². The fraction of sp³-hybridized carbons (Fsp3) is 0.176. The average molecular weight is 374 g/mol. The molecule has 0 unspecified atom stereocenters. The number of pyridine rings is 1. The van der Waals surface area contributed by atoms with Crippen LogP contribution < -0.4 is 4.80 Å². The molecule has 0 N–H and O–H groups in total. The second-order valence-electron chi connectivity index (χ2n) is 4.89. The zero-order valence-corrected chi connectivity index (χ0v) is 14.6. The van der Waals surface area contributed by atoms with Gasteiger partial charge in [-0.1, -0.05) is 35.0 Å². The lowest BCUT2D eigenvalue weighted by Crippen LogP contribution is -2.15. The van der Waals surface area contributed by atoms with Crippen LogP contribution in [0.25, 0.3) is 11.3 Å². The van der Waals surface area contributed by atoms with Gasteiger partial charge in [-0.05, 0) is 30.7 Å². The van der Waals surface area contributed by atoms with Crippen LogP contribution in [-0.2, 0) is 6.54 Å². The lowest BCUT2D eigenvalue weighted by Gasteiger charge is -2.08. The van der Waals surface area contributed by atoms with Gasteiger partial charge in [0, 0.05) is 28.2 Å². The Kier molecular flexibility index (Phi) is 4.85. The van der Waals surface area contributed by atoms with E-state index in [-0.39, 0.29) is 0 Å². The van der Waals surface area contributed by atoms with Crippen molar-refractivity contribution in [3.05, 3.63) is 63.4 Å². The highest BCUT2D eigenvalue weighted by molar-refractivity contribution is 9.10. The van der Waals surface area contributed by atoms with E-state index in [2.05, 4.69) is 56.0 Å². The van der Waals surface area contributed by atoms with Gasteiger partial charge in [-0.15, -0.1) is 11.3 Å². The Labute approximate surface area is 142 Å². The molecular weight excluding hydrogens is 358 g/mol. The van der Waals surface area contributed by atoms with Gasteiger partial charge < -0.3 is 4.57 Å². The first kappa shape index (κ1) is 15.2. The van der Waals surface area contributed by atoms with E-state index in [0.717, 1.165) is 27.9 Å². The van der Waals surface area contributed by atoms with Crippen molar-refractivity contribution in [2.24, 2.45) is 4.99 Å². The van der Waals surface area contributed by atoms with Crippen molar-refractivity contribution in [1.82, 2.24) is 9.55 Å². The van der Waals surface area contributed by atoms with Crippen LogP contribution in [0.3, 0.4) is 0 Å². The van der Waals surface area contributed by atoms with E-state index < -0.39 is 0 Å². The van der Waals surface area contributed by atoms with Gasteiger partial charge in [0.2, 0.25) is 0 Å². The molecule has 0 aliphatic carbocycles. The molecule has 0 aliphatic heterocycles. The summed E-state index contributed by atoms with van der Waals surface area (Å²) in [5, 5.41) is 2.17. The Morgan fingerprint density at radius 3 is 2.91 bits per heavy atom. The quantitative estimate of drug-likeness (QED) is 0.631. The average Bonchev–Trinajstić information content (AvgIpc) is 2.92. The van der Waals surface area contributed by atoms with Gasteiger partial charge in [0.1, 0.15) is 0 Å². The highest BCUT2D eigenvalue weighted by atomic mass is 79.9. The maximum atomic E-state index is 4.74. The number of rotatable bonds is 4. The molecule has 0 amide bonds. The molecule has 0 atom stereocenters. The summed E-state index contributed by atoms with van der Waals surface area (Å²) in [6.07, 6.45) is 4.62. The smallest absolute Gasteiger partial charge is 0.190 e. The van der Waals surface area contributed by atoms with E-state index in [1.54, 1.807) is 23.7 Å². The maximum Gasteiger partial charge on any atom is 0.190 e. The van der Waals surface area contributed by atoms with E-state index in [1.165, 1.54) is 11.3 Å². The third-order valence-electron chi connectivity index (χ3n) is 3.24. The SMILES string of the molecule is CCCn1c(-c2cccc(Br)c2)csc1=Nc1cccnc1. The second-order valence-corrected chi connectivity index (χ2v) is 6.64. The summed E-state index contributed by atoms with van der Waals surface area (Å²) in [6.45, 7) is 3.13. The van der Waals surface area contributed by atoms with Crippen LogP contribution in [0.5, 0.6) is 0 Å². The molecule has 0 radical (unpaired) electrons. The molecule has 2 aromatic heterocycles. The molecule has 2 heterocycles. The highest BCUT2D eigenvalue weighted by Crippen LogP contribution is 2.24. The first-order valence-electron chi connectivity index (χ1n) is 7.17. The van der Waals surface area contributed by atoms with E-state index in [4.69, 9.17) is 4.99 Å². The largest absolute Gasteiger partial charge is 0.316 e. The molecule has 1 aromatic carbocycles. The van der Waals surface area contributed by atoms with Crippen LogP contribution in [-0.4, -0.2) is 9.55 Å². The number of nitrogens with zero attached hydrogens (tertiary/aromatic N) is 3. The van der Waals surface area contributed by atoms with E-state index in [0.29, 0.717) is 0 Å². The summed E-state index contributed by atoms with van der Waals surface area (Å²) < 4.78 is 3.37. The Morgan fingerprint density at radius 2 is 2.18 bits per heavy atom. The van der Waals surface area contributed by atoms with Crippen molar-refractivity contribution in [3.8, 4) is 11.3 Å². The van der Waals surface area contributed by atoms with Crippen molar-refractivity contribution in [2.45, 2.75) is 19.9 Å². The Balaban J connectivity index is 2.12. The number of halogens is 1. The Hall–Kier alpha value is -1.72. The lowest BCUT2D eigenvalue weighted by molar-refractivity contribution is 0.667. The van der Waals surface area contributed by atoms with Crippen LogP contribution in [0.1, 0.15) is 13.3 Å². The van der Waals surface area contributed by atoms with Crippen molar-refractivity contribution in [1.29, 1.82) is 0 Å². The standard InChI is InChI=1S/C17H16BrN3S/c1-2-9-21-16(13-5-3-6-14(18)10-13)12-22-17(21)20-15-7-4-8-19-11-15/h3-8,10-12H,2,9H2,1H3. The van der Waals surface area contributed by atoms with Crippen LogP contribution in [0.4, 0.5) is 5.69 Å². The molecule has 5 heteroatoms. The second kappa shape index (κ2) is 7.03. The van der Waals surface area contributed by atoms with Crippen LogP contribution in [0, 0.1) is 0 Å². The molecule has 0 spiro atoms. The van der Waals surface area contributed by atoms with Gasteiger partial charge in [-0.3, -0.25) is 4.98 Å². The minimum atomic E-state index is 0.884. The maximum absolute atomic E-state index is 4.74. The zero-order valence-electron chi connectivity index (χ0n) is 12.2. The molecule has 22 heavy (non-hydrogen) atoms. The first-order chi connectivity index (χ1) is 10.8. The predicted molar refractivity (Wildman–Crippen MR) is 95.2 cm³/mol. The number of hydrogen-bond donors (Lipinski definition) is 0. The third kappa shape index (κ3) is 3.36. The number of hydrogen-bond acceptors (Lipinski definition) is 3. The van der Waals surface area contributed by atoms with Gasteiger partial charge in [0.05, 0.1) is 17.6 Å². The van der Waals surface area contributed by atoms with Crippen molar-refractivity contribution >= 4 is 33.0 Å². The summed E-state index contributed by atoms with van der Waals surface area (Å²) in [4.78, 5) is 9.87. The van der Waals surface area contributed by atoms with E-state index in [9.17, 15) is 0 Å². The highest BCUT2D eigenvalue weighted by Gasteiger charge is 2.08.